The van der Waals surface area contributed by atoms with E-state index in [2.05, 4.69) is 0 Å². The molecule has 2 N–H and O–H groups in total. The van der Waals surface area contributed by atoms with Crippen molar-refractivity contribution in [2.75, 3.05) is 7.11 Å². The Balaban J connectivity index is 2.55. The highest BCUT2D eigenvalue weighted by Crippen LogP contribution is 2.40. The van der Waals surface area contributed by atoms with Gasteiger partial charge in [0.25, 0.3) is 0 Å². The quantitative estimate of drug-likeness (QED) is 0.907. The Morgan fingerprint density at radius 3 is 2.19 bits per heavy atom. The molecular formula is C17H20O4. The van der Waals surface area contributed by atoms with Crippen LogP contribution in [0.15, 0.2) is 36.4 Å². The van der Waals surface area contributed by atoms with E-state index in [0.717, 1.165) is 16.5 Å². The monoisotopic (exact) mass is 288 g/mol. The lowest BCUT2D eigenvalue weighted by molar-refractivity contribution is -0.164. The van der Waals surface area contributed by atoms with Gasteiger partial charge in [-0.05, 0) is 55.3 Å². The van der Waals surface area contributed by atoms with E-state index in [1.54, 1.807) is 13.2 Å². The van der Waals surface area contributed by atoms with Crippen molar-refractivity contribution >= 4 is 16.7 Å². The van der Waals surface area contributed by atoms with Gasteiger partial charge in [0.15, 0.2) is 0 Å². The van der Waals surface area contributed by atoms with Crippen LogP contribution in [0.4, 0.5) is 0 Å². The molecule has 1 unspecified atom stereocenters. The number of ether oxygens (including phenoxy) is 1. The van der Waals surface area contributed by atoms with Gasteiger partial charge < -0.3 is 14.9 Å². The molecule has 0 aliphatic heterocycles. The summed E-state index contributed by atoms with van der Waals surface area (Å²) in [7, 11) is 1.61. The molecule has 0 aliphatic carbocycles. The van der Waals surface area contributed by atoms with Crippen LogP contribution < -0.4 is 4.74 Å². The topological polar surface area (TPSA) is 66.8 Å². The van der Waals surface area contributed by atoms with E-state index in [1.165, 1.54) is 20.8 Å². The average molecular weight is 288 g/mol. The summed E-state index contributed by atoms with van der Waals surface area (Å²) in [6.45, 7) is 4.58. The molecule has 21 heavy (non-hydrogen) atoms. The standard InChI is InChI=1S/C17H20O4/c1-16(2,15(18)19)17(3,20)13-7-5-12-10-14(21-4)8-6-11(12)9-13/h5-10,20H,1-4H3,(H,18,19). The highest BCUT2D eigenvalue weighted by molar-refractivity contribution is 5.85. The number of hydrogen-bond donors (Lipinski definition) is 2. The second-order valence-electron chi connectivity index (χ2n) is 5.93. The predicted molar refractivity (Wildman–Crippen MR) is 81.5 cm³/mol. The van der Waals surface area contributed by atoms with Crippen molar-refractivity contribution in [1.82, 2.24) is 0 Å². The minimum absolute atomic E-state index is 0.576. The maximum absolute atomic E-state index is 11.4. The van der Waals surface area contributed by atoms with E-state index in [0.29, 0.717) is 5.56 Å². The molecule has 0 saturated heterocycles. The lowest BCUT2D eigenvalue weighted by Gasteiger charge is -2.37. The number of methoxy groups -OCH3 is 1. The molecule has 0 heterocycles. The maximum atomic E-state index is 11.4. The molecule has 4 nitrogen and oxygen atoms in total. The molecule has 0 spiro atoms. The summed E-state index contributed by atoms with van der Waals surface area (Å²) >= 11 is 0. The number of benzene rings is 2. The van der Waals surface area contributed by atoms with Crippen molar-refractivity contribution in [2.45, 2.75) is 26.4 Å². The van der Waals surface area contributed by atoms with E-state index in [9.17, 15) is 15.0 Å². The summed E-state index contributed by atoms with van der Waals surface area (Å²) in [6, 6.07) is 11.1. The minimum Gasteiger partial charge on any atom is -0.497 e. The number of fused-ring (bicyclic) bond motifs is 1. The molecule has 2 rings (SSSR count). The zero-order valence-corrected chi connectivity index (χ0v) is 12.7. The highest BCUT2D eigenvalue weighted by atomic mass is 16.5. The fourth-order valence-corrected chi connectivity index (χ4v) is 2.22. The Bertz CT molecular complexity index is 686. The Kier molecular flexibility index (Phi) is 3.68. The Morgan fingerprint density at radius 1 is 1.05 bits per heavy atom. The van der Waals surface area contributed by atoms with Crippen molar-refractivity contribution in [2.24, 2.45) is 5.41 Å². The molecule has 2 aromatic rings. The maximum Gasteiger partial charge on any atom is 0.312 e. The van der Waals surface area contributed by atoms with Crippen LogP contribution in [0.1, 0.15) is 26.3 Å². The van der Waals surface area contributed by atoms with Crippen LogP contribution in [-0.2, 0) is 10.4 Å². The Morgan fingerprint density at radius 2 is 1.62 bits per heavy atom. The molecule has 0 aromatic heterocycles. The minimum atomic E-state index is -1.48. The van der Waals surface area contributed by atoms with Crippen LogP contribution in [0, 0.1) is 5.41 Å². The molecule has 0 radical (unpaired) electrons. The number of aliphatic hydroxyl groups is 1. The van der Waals surface area contributed by atoms with Crippen LogP contribution in [-0.4, -0.2) is 23.3 Å². The number of rotatable bonds is 4. The van der Waals surface area contributed by atoms with Gasteiger partial charge in [-0.1, -0.05) is 18.2 Å². The molecule has 4 heteroatoms. The normalized spacial score (nSPS) is 14.7. The van der Waals surface area contributed by atoms with Crippen molar-refractivity contribution in [3.63, 3.8) is 0 Å². The zero-order valence-electron chi connectivity index (χ0n) is 12.7. The zero-order chi connectivity index (χ0) is 15.8. The molecular weight excluding hydrogens is 268 g/mol. The molecule has 0 bridgehead atoms. The number of carbonyl (C=O) groups is 1. The van der Waals surface area contributed by atoms with E-state index < -0.39 is 17.0 Å². The molecule has 0 amide bonds. The fraction of sp³-hybridized carbons (Fsp3) is 0.353. The van der Waals surface area contributed by atoms with Gasteiger partial charge in [-0.15, -0.1) is 0 Å². The molecule has 112 valence electrons. The average Bonchev–Trinajstić information content (AvgIpc) is 2.45. The number of carboxylic acids is 1. The molecule has 0 aliphatic rings. The van der Waals surface area contributed by atoms with Gasteiger partial charge in [-0.25, -0.2) is 0 Å². The van der Waals surface area contributed by atoms with Crippen LogP contribution in [0.2, 0.25) is 0 Å². The van der Waals surface area contributed by atoms with Gasteiger partial charge in [-0.3, -0.25) is 4.79 Å². The van der Waals surface area contributed by atoms with Crippen molar-refractivity contribution < 1.29 is 19.7 Å². The third-order valence-electron chi connectivity index (χ3n) is 4.36. The van der Waals surface area contributed by atoms with Gasteiger partial charge in [0.1, 0.15) is 11.4 Å². The lowest BCUT2D eigenvalue weighted by Crippen LogP contribution is -2.44. The first kappa shape index (κ1) is 15.3. The Labute approximate surface area is 124 Å². The van der Waals surface area contributed by atoms with Crippen LogP contribution >= 0.6 is 0 Å². The van der Waals surface area contributed by atoms with E-state index >= 15 is 0 Å². The van der Waals surface area contributed by atoms with E-state index in [1.807, 2.05) is 30.3 Å². The third kappa shape index (κ3) is 2.47. The van der Waals surface area contributed by atoms with Crippen molar-refractivity contribution in [1.29, 1.82) is 0 Å². The summed E-state index contributed by atoms with van der Waals surface area (Å²) in [5, 5.41) is 22.0. The van der Waals surface area contributed by atoms with Crippen LogP contribution in [0.3, 0.4) is 0 Å². The van der Waals surface area contributed by atoms with Gasteiger partial charge in [0.2, 0.25) is 0 Å². The summed E-state index contributed by atoms with van der Waals surface area (Å²) in [5.74, 6) is -0.282. The molecule has 2 aromatic carbocycles. The summed E-state index contributed by atoms with van der Waals surface area (Å²) in [4.78, 5) is 11.4. The van der Waals surface area contributed by atoms with Crippen molar-refractivity contribution in [3.8, 4) is 5.75 Å². The van der Waals surface area contributed by atoms with Gasteiger partial charge >= 0.3 is 5.97 Å². The van der Waals surface area contributed by atoms with Crippen molar-refractivity contribution in [3.05, 3.63) is 42.0 Å². The van der Waals surface area contributed by atoms with Crippen LogP contribution in [0.5, 0.6) is 5.75 Å². The Hall–Kier alpha value is -2.07. The lowest BCUT2D eigenvalue weighted by atomic mass is 9.72. The first-order chi connectivity index (χ1) is 9.70. The first-order valence-electron chi connectivity index (χ1n) is 6.74. The number of aliphatic carboxylic acids is 1. The summed E-state index contributed by atoms with van der Waals surface area (Å²) in [6.07, 6.45) is 0. The second kappa shape index (κ2) is 5.04. The number of hydrogen-bond acceptors (Lipinski definition) is 3. The fourth-order valence-electron chi connectivity index (χ4n) is 2.22. The SMILES string of the molecule is COc1ccc2cc(C(C)(O)C(C)(C)C(=O)O)ccc2c1. The summed E-state index contributed by atoms with van der Waals surface area (Å²) < 4.78 is 5.18. The van der Waals surface area contributed by atoms with Gasteiger partial charge in [0, 0.05) is 0 Å². The molecule has 0 fully saturated rings. The number of carboxylic acid groups (broad SMARTS) is 1. The molecule has 1 atom stereocenters. The summed E-state index contributed by atoms with van der Waals surface area (Å²) in [5.41, 5.74) is -2.20. The second-order valence-corrected chi connectivity index (χ2v) is 5.93. The van der Waals surface area contributed by atoms with Gasteiger partial charge in [0.05, 0.1) is 12.5 Å². The van der Waals surface area contributed by atoms with Gasteiger partial charge in [-0.2, -0.15) is 0 Å². The predicted octanol–water partition coefficient (Wildman–Crippen LogP) is 3.17. The first-order valence-corrected chi connectivity index (χ1v) is 6.74. The van der Waals surface area contributed by atoms with Crippen LogP contribution in [0.25, 0.3) is 10.8 Å². The third-order valence-corrected chi connectivity index (χ3v) is 4.36. The van der Waals surface area contributed by atoms with E-state index in [-0.39, 0.29) is 0 Å². The molecule has 0 saturated carbocycles. The smallest absolute Gasteiger partial charge is 0.312 e. The van der Waals surface area contributed by atoms with E-state index in [4.69, 9.17) is 4.74 Å². The largest absolute Gasteiger partial charge is 0.497 e. The highest BCUT2D eigenvalue weighted by Gasteiger charge is 2.46.